The highest BCUT2D eigenvalue weighted by Crippen LogP contribution is 2.23. The molecule has 0 radical (unpaired) electrons. The van der Waals surface area contributed by atoms with Gasteiger partial charge in [-0.2, -0.15) is 5.10 Å². The highest BCUT2D eigenvalue weighted by molar-refractivity contribution is 5.76. The third-order valence-corrected chi connectivity index (χ3v) is 5.17. The van der Waals surface area contributed by atoms with Crippen LogP contribution >= 0.6 is 0 Å². The number of rotatable bonds is 6. The maximum Gasteiger partial charge on any atom is 0.224 e. The van der Waals surface area contributed by atoms with E-state index in [4.69, 9.17) is 4.74 Å². The number of hydrogen-bond donors (Lipinski definition) is 1. The Kier molecular flexibility index (Phi) is 6.45. The average molecular weight is 350 g/mol. The third-order valence-electron chi connectivity index (χ3n) is 5.17. The molecule has 0 aromatic carbocycles. The van der Waals surface area contributed by atoms with Gasteiger partial charge in [-0.3, -0.25) is 14.4 Å². The van der Waals surface area contributed by atoms with Crippen molar-refractivity contribution in [2.45, 2.75) is 26.3 Å². The Hall–Kier alpha value is -1.44. The first kappa shape index (κ1) is 18.4. The van der Waals surface area contributed by atoms with Crippen LogP contribution in [0.25, 0.3) is 0 Å². The molecule has 0 saturated carbocycles. The number of hydrogen-bond acceptors (Lipinski definition) is 5. The highest BCUT2D eigenvalue weighted by atomic mass is 16.5. The van der Waals surface area contributed by atoms with Crippen LogP contribution in [0.4, 0.5) is 0 Å². The Bertz CT molecular complexity index is 556. The highest BCUT2D eigenvalue weighted by Gasteiger charge is 2.30. The summed E-state index contributed by atoms with van der Waals surface area (Å²) in [6, 6.07) is 0. The lowest BCUT2D eigenvalue weighted by molar-refractivity contribution is -0.135. The number of nitrogens with zero attached hydrogens (tertiary/aromatic N) is 4. The van der Waals surface area contributed by atoms with Gasteiger partial charge in [0.1, 0.15) is 0 Å². The van der Waals surface area contributed by atoms with Gasteiger partial charge in [0.15, 0.2) is 0 Å². The topological polar surface area (TPSA) is 70.8 Å². The molecule has 1 amide bonds. The lowest BCUT2D eigenvalue weighted by Gasteiger charge is -2.40. The molecule has 1 N–H and O–H groups in total. The normalized spacial score (nSPS) is 25.3. The number of aliphatic hydroxyl groups is 1. The van der Waals surface area contributed by atoms with E-state index >= 15 is 0 Å². The Morgan fingerprint density at radius 2 is 2.08 bits per heavy atom. The van der Waals surface area contributed by atoms with Crippen LogP contribution in [0.3, 0.4) is 0 Å². The van der Waals surface area contributed by atoms with E-state index in [2.05, 4.69) is 10.00 Å². The molecule has 2 atom stereocenters. The van der Waals surface area contributed by atoms with Crippen molar-refractivity contribution in [1.82, 2.24) is 19.6 Å². The molecule has 2 aliphatic heterocycles. The lowest BCUT2D eigenvalue weighted by atomic mass is 9.89. The third kappa shape index (κ3) is 5.26. The maximum atomic E-state index is 12.6. The fraction of sp³-hybridized carbons (Fsp3) is 0.778. The minimum atomic E-state index is 0.155. The average Bonchev–Trinajstić information content (AvgIpc) is 3.05. The molecule has 3 heterocycles. The maximum absolute atomic E-state index is 12.6. The largest absolute Gasteiger partial charge is 0.396 e. The summed E-state index contributed by atoms with van der Waals surface area (Å²) in [6.07, 6.45) is 5.23. The van der Waals surface area contributed by atoms with Gasteiger partial charge in [-0.15, -0.1) is 0 Å². The molecule has 1 aromatic rings. The van der Waals surface area contributed by atoms with Crippen LogP contribution in [-0.4, -0.2) is 83.1 Å². The summed E-state index contributed by atoms with van der Waals surface area (Å²) >= 11 is 0. The van der Waals surface area contributed by atoms with Gasteiger partial charge in [0.2, 0.25) is 5.91 Å². The second-order valence-electron chi connectivity index (χ2n) is 7.39. The van der Waals surface area contributed by atoms with Crippen molar-refractivity contribution in [3.05, 3.63) is 18.0 Å². The van der Waals surface area contributed by atoms with Gasteiger partial charge in [0.25, 0.3) is 0 Å². The van der Waals surface area contributed by atoms with Crippen molar-refractivity contribution in [2.24, 2.45) is 11.8 Å². The minimum Gasteiger partial charge on any atom is -0.396 e. The number of aliphatic hydroxyl groups excluding tert-OH is 1. The molecule has 2 fully saturated rings. The van der Waals surface area contributed by atoms with Crippen LogP contribution in [-0.2, 0) is 16.1 Å². The Morgan fingerprint density at radius 1 is 1.32 bits per heavy atom. The van der Waals surface area contributed by atoms with Crippen molar-refractivity contribution >= 4 is 5.91 Å². The fourth-order valence-electron chi connectivity index (χ4n) is 3.89. The van der Waals surface area contributed by atoms with Crippen LogP contribution < -0.4 is 0 Å². The predicted octanol–water partition coefficient (Wildman–Crippen LogP) is 0.371. The number of likely N-dealkylation sites (tertiary alicyclic amines) is 1. The number of carbonyl (C=O) groups excluding carboxylic acids is 1. The van der Waals surface area contributed by atoms with E-state index in [9.17, 15) is 9.90 Å². The zero-order chi connectivity index (χ0) is 17.6. The fourth-order valence-corrected chi connectivity index (χ4v) is 3.89. The number of morpholine rings is 1. The van der Waals surface area contributed by atoms with Gasteiger partial charge >= 0.3 is 0 Å². The van der Waals surface area contributed by atoms with E-state index in [0.717, 1.165) is 51.4 Å². The van der Waals surface area contributed by atoms with Crippen LogP contribution in [0, 0.1) is 18.8 Å². The number of aromatic nitrogens is 2. The van der Waals surface area contributed by atoms with Gasteiger partial charge in [-0.25, -0.2) is 0 Å². The molecule has 0 aliphatic carbocycles. The second-order valence-corrected chi connectivity index (χ2v) is 7.39. The van der Waals surface area contributed by atoms with Crippen molar-refractivity contribution in [3.63, 3.8) is 0 Å². The molecule has 1 aromatic heterocycles. The summed E-state index contributed by atoms with van der Waals surface area (Å²) in [5.74, 6) is 0.786. The van der Waals surface area contributed by atoms with Crippen LogP contribution in [0.15, 0.2) is 12.4 Å². The number of aryl methyl sites for hydroxylation is 2. The quantitative estimate of drug-likeness (QED) is 0.803. The second kappa shape index (κ2) is 8.78. The van der Waals surface area contributed by atoms with Gasteiger partial charge in [-0.1, -0.05) is 0 Å². The van der Waals surface area contributed by atoms with Crippen molar-refractivity contribution < 1.29 is 14.6 Å². The van der Waals surface area contributed by atoms with E-state index in [-0.39, 0.29) is 18.4 Å². The first-order valence-electron chi connectivity index (χ1n) is 9.32. The summed E-state index contributed by atoms with van der Waals surface area (Å²) < 4.78 is 7.24. The van der Waals surface area contributed by atoms with E-state index in [1.807, 2.05) is 28.9 Å². The molecule has 3 rings (SSSR count). The minimum absolute atomic E-state index is 0.155. The monoisotopic (exact) mass is 350 g/mol. The smallest absolute Gasteiger partial charge is 0.224 e. The van der Waals surface area contributed by atoms with Gasteiger partial charge in [-0.05, 0) is 30.7 Å². The summed E-state index contributed by atoms with van der Waals surface area (Å²) in [5.41, 5.74) is 1.11. The standard InChI is InChI=1S/C18H30N4O3/c1-15-9-19-22(10-15)3-2-18(24)21-12-16(8-17(13-21)14-23)11-20-4-6-25-7-5-20/h9-10,16-17,23H,2-8,11-14H2,1H3/t16-,17-/m1/s1. The molecule has 0 bridgehead atoms. The molecule has 7 nitrogen and oxygen atoms in total. The van der Waals surface area contributed by atoms with Gasteiger partial charge < -0.3 is 14.7 Å². The molecule has 2 aliphatic rings. The van der Waals surface area contributed by atoms with Gasteiger partial charge in [0, 0.05) is 58.5 Å². The Labute approximate surface area is 149 Å². The molecule has 140 valence electrons. The lowest BCUT2D eigenvalue weighted by Crippen LogP contribution is -2.49. The summed E-state index contributed by atoms with van der Waals surface area (Å²) in [6.45, 7) is 8.74. The van der Waals surface area contributed by atoms with Crippen LogP contribution in [0.1, 0.15) is 18.4 Å². The van der Waals surface area contributed by atoms with Gasteiger partial charge in [0.05, 0.1) is 19.4 Å². The summed E-state index contributed by atoms with van der Waals surface area (Å²) in [5, 5.41) is 13.9. The molecular weight excluding hydrogens is 320 g/mol. The molecule has 0 spiro atoms. The zero-order valence-electron chi connectivity index (χ0n) is 15.1. The first-order chi connectivity index (χ1) is 12.1. The SMILES string of the molecule is Cc1cnn(CCC(=O)N2C[C@H](CO)C[C@H](CN3CCOCC3)C2)c1. The van der Waals surface area contributed by atoms with Crippen molar-refractivity contribution in [1.29, 1.82) is 0 Å². The molecule has 25 heavy (non-hydrogen) atoms. The molecule has 2 saturated heterocycles. The predicted molar refractivity (Wildman–Crippen MR) is 94.1 cm³/mol. The number of piperidine rings is 1. The molecule has 7 heteroatoms. The van der Waals surface area contributed by atoms with Crippen molar-refractivity contribution in [2.75, 3.05) is 52.5 Å². The molecule has 0 unspecified atom stereocenters. The summed E-state index contributed by atoms with van der Waals surface area (Å²) in [4.78, 5) is 17.0. The van der Waals surface area contributed by atoms with Crippen LogP contribution in [0.2, 0.25) is 0 Å². The molecular formula is C18H30N4O3. The Balaban J connectivity index is 1.52. The van der Waals surface area contributed by atoms with Crippen LogP contribution in [0.5, 0.6) is 0 Å². The first-order valence-corrected chi connectivity index (χ1v) is 9.32. The summed E-state index contributed by atoms with van der Waals surface area (Å²) in [7, 11) is 0. The van der Waals surface area contributed by atoms with E-state index in [1.165, 1.54) is 0 Å². The Morgan fingerprint density at radius 3 is 2.76 bits per heavy atom. The number of ether oxygens (including phenoxy) is 1. The zero-order valence-corrected chi connectivity index (χ0v) is 15.1. The number of amides is 1. The van der Waals surface area contributed by atoms with E-state index < -0.39 is 0 Å². The van der Waals surface area contributed by atoms with E-state index in [0.29, 0.717) is 25.4 Å². The van der Waals surface area contributed by atoms with Crippen molar-refractivity contribution in [3.8, 4) is 0 Å². The van der Waals surface area contributed by atoms with E-state index in [1.54, 1.807) is 0 Å². The number of carbonyl (C=O) groups is 1.